The molecule has 0 saturated heterocycles. The summed E-state index contributed by atoms with van der Waals surface area (Å²) < 4.78 is 37.8. The van der Waals surface area contributed by atoms with Gasteiger partial charge in [-0.2, -0.15) is 13.2 Å². The Hall–Kier alpha value is -1.52. The van der Waals surface area contributed by atoms with E-state index in [-0.39, 0.29) is 17.7 Å². The quantitative estimate of drug-likeness (QED) is 0.706. The molecule has 2 nitrogen and oxygen atoms in total. The van der Waals surface area contributed by atoms with E-state index < -0.39 is 17.6 Å². The van der Waals surface area contributed by atoms with Crippen molar-refractivity contribution in [3.05, 3.63) is 34.4 Å². The van der Waals surface area contributed by atoms with Gasteiger partial charge in [-0.25, -0.2) is 0 Å². The number of carbonyl (C=O) groups excluding carboxylic acids is 1. The molecule has 0 aliphatic carbocycles. The molecule has 0 fully saturated rings. The lowest BCUT2D eigenvalue weighted by Gasteiger charge is -2.11. The summed E-state index contributed by atoms with van der Waals surface area (Å²) in [6.45, 7) is 1.50. The molecule has 15 heavy (non-hydrogen) atoms. The van der Waals surface area contributed by atoms with Crippen LogP contribution in [0.5, 0.6) is 0 Å². The normalized spacial score (nSPS) is 15.1. The van der Waals surface area contributed by atoms with Crippen molar-refractivity contribution < 1.29 is 18.0 Å². The Kier molecular flexibility index (Phi) is 1.99. The maximum absolute atomic E-state index is 12.6. The minimum Gasteiger partial charge on any atom is -0.348 e. The van der Waals surface area contributed by atoms with Crippen molar-refractivity contribution in [2.75, 3.05) is 0 Å². The van der Waals surface area contributed by atoms with Crippen LogP contribution in [0.25, 0.3) is 0 Å². The number of hydrogen-bond donors (Lipinski definition) is 1. The Labute approximate surface area is 84.1 Å². The van der Waals surface area contributed by atoms with Gasteiger partial charge in [-0.15, -0.1) is 0 Å². The van der Waals surface area contributed by atoms with Crippen LogP contribution in [0.3, 0.4) is 0 Å². The summed E-state index contributed by atoms with van der Waals surface area (Å²) in [7, 11) is 0. The Morgan fingerprint density at radius 1 is 1.33 bits per heavy atom. The third-order valence-corrected chi connectivity index (χ3v) is 2.37. The third-order valence-electron chi connectivity index (χ3n) is 2.37. The van der Waals surface area contributed by atoms with E-state index in [1.165, 1.54) is 6.07 Å². The number of carbonyl (C=O) groups is 1. The fraction of sp³-hybridized carbons (Fsp3) is 0.300. The highest BCUT2D eigenvalue weighted by atomic mass is 19.4. The Morgan fingerprint density at radius 3 is 2.60 bits per heavy atom. The molecular weight excluding hydrogens is 207 g/mol. The number of benzene rings is 1. The Bertz CT molecular complexity index is 437. The summed E-state index contributed by atoms with van der Waals surface area (Å²) in [5.74, 6) is -0.431. The summed E-state index contributed by atoms with van der Waals surface area (Å²) in [5.41, 5.74) is -0.0746. The molecule has 0 aromatic heterocycles. The van der Waals surface area contributed by atoms with E-state index >= 15 is 0 Å². The monoisotopic (exact) mass is 215 g/mol. The molecule has 0 atom stereocenters. The van der Waals surface area contributed by atoms with E-state index in [1.54, 1.807) is 6.92 Å². The van der Waals surface area contributed by atoms with Crippen molar-refractivity contribution in [1.82, 2.24) is 5.32 Å². The van der Waals surface area contributed by atoms with Gasteiger partial charge in [0.2, 0.25) is 0 Å². The Balaban J connectivity index is 2.67. The molecule has 0 radical (unpaired) electrons. The zero-order valence-corrected chi connectivity index (χ0v) is 7.90. The predicted molar refractivity (Wildman–Crippen MR) is 47.4 cm³/mol. The molecule has 2 rings (SSSR count). The summed E-state index contributed by atoms with van der Waals surface area (Å²) in [5, 5.41) is 2.39. The van der Waals surface area contributed by atoms with Gasteiger partial charge >= 0.3 is 6.18 Å². The number of halogens is 3. The molecular formula is C10H8F3NO. The van der Waals surface area contributed by atoms with Gasteiger partial charge < -0.3 is 5.32 Å². The number of nitrogens with one attached hydrogen (secondary N) is 1. The van der Waals surface area contributed by atoms with E-state index in [0.29, 0.717) is 5.56 Å². The molecule has 80 valence electrons. The summed E-state index contributed by atoms with van der Waals surface area (Å²) in [6.07, 6.45) is -4.40. The molecule has 5 heteroatoms. The van der Waals surface area contributed by atoms with Gasteiger partial charge in [0.15, 0.2) is 0 Å². The SMILES string of the molecule is Cc1cc2c(c(C(F)(F)F)c1)CNC2=O. The first-order chi connectivity index (χ1) is 6.89. The van der Waals surface area contributed by atoms with Gasteiger partial charge in [-0.3, -0.25) is 4.79 Å². The standard InChI is InChI=1S/C10H8F3NO/c1-5-2-6-7(4-14-9(6)15)8(3-5)10(11,12)13/h2-3H,4H2,1H3,(H,14,15). The van der Waals surface area contributed by atoms with E-state index in [1.807, 2.05) is 0 Å². The smallest absolute Gasteiger partial charge is 0.348 e. The van der Waals surface area contributed by atoms with Crippen molar-refractivity contribution >= 4 is 5.91 Å². The number of aryl methyl sites for hydroxylation is 1. The van der Waals surface area contributed by atoms with Crippen LogP contribution in [0, 0.1) is 6.92 Å². The van der Waals surface area contributed by atoms with Gasteiger partial charge in [0.25, 0.3) is 5.91 Å². The summed E-state index contributed by atoms with van der Waals surface area (Å²) in [4.78, 5) is 11.2. The lowest BCUT2D eigenvalue weighted by atomic mass is 10.00. The van der Waals surface area contributed by atoms with Crippen LogP contribution in [-0.2, 0) is 12.7 Å². The van der Waals surface area contributed by atoms with Gasteiger partial charge in [-0.05, 0) is 30.2 Å². The van der Waals surface area contributed by atoms with Gasteiger partial charge in [0.1, 0.15) is 0 Å². The zero-order chi connectivity index (χ0) is 11.2. The first-order valence-corrected chi connectivity index (χ1v) is 4.38. The van der Waals surface area contributed by atoms with Crippen molar-refractivity contribution in [3.8, 4) is 0 Å². The van der Waals surface area contributed by atoms with Crippen LogP contribution in [0.1, 0.15) is 27.0 Å². The number of hydrogen-bond acceptors (Lipinski definition) is 1. The minimum absolute atomic E-state index is 0.0384. The first-order valence-electron chi connectivity index (χ1n) is 4.38. The highest BCUT2D eigenvalue weighted by Crippen LogP contribution is 2.35. The fourth-order valence-corrected chi connectivity index (χ4v) is 1.73. The highest BCUT2D eigenvalue weighted by molar-refractivity contribution is 5.98. The first kappa shape index (κ1) is 10.0. The third kappa shape index (κ3) is 1.58. The number of alkyl halides is 3. The average molecular weight is 215 g/mol. The predicted octanol–water partition coefficient (Wildman–Crippen LogP) is 2.26. The van der Waals surface area contributed by atoms with Crippen molar-refractivity contribution in [3.63, 3.8) is 0 Å². The summed E-state index contributed by atoms with van der Waals surface area (Å²) >= 11 is 0. The number of amides is 1. The van der Waals surface area contributed by atoms with Gasteiger partial charge in [-0.1, -0.05) is 0 Å². The molecule has 0 saturated carbocycles. The molecule has 1 heterocycles. The molecule has 0 bridgehead atoms. The second kappa shape index (κ2) is 2.98. The fourth-order valence-electron chi connectivity index (χ4n) is 1.73. The maximum atomic E-state index is 12.6. The molecule has 1 amide bonds. The zero-order valence-electron chi connectivity index (χ0n) is 7.90. The van der Waals surface area contributed by atoms with Gasteiger partial charge in [0, 0.05) is 12.1 Å². The lowest BCUT2D eigenvalue weighted by Crippen LogP contribution is -2.12. The number of rotatable bonds is 0. The molecule has 0 spiro atoms. The maximum Gasteiger partial charge on any atom is 0.416 e. The molecule has 1 aromatic carbocycles. The summed E-state index contributed by atoms with van der Waals surface area (Å²) in [6, 6.07) is 2.55. The second-order valence-corrected chi connectivity index (χ2v) is 3.52. The van der Waals surface area contributed by atoms with Crippen LogP contribution in [0.15, 0.2) is 12.1 Å². The van der Waals surface area contributed by atoms with E-state index in [9.17, 15) is 18.0 Å². The topological polar surface area (TPSA) is 29.1 Å². The van der Waals surface area contributed by atoms with Gasteiger partial charge in [0.05, 0.1) is 5.56 Å². The molecule has 1 N–H and O–H groups in total. The highest BCUT2D eigenvalue weighted by Gasteiger charge is 2.37. The lowest BCUT2D eigenvalue weighted by molar-refractivity contribution is -0.138. The van der Waals surface area contributed by atoms with Crippen LogP contribution in [0.4, 0.5) is 13.2 Å². The Morgan fingerprint density at radius 2 is 2.00 bits per heavy atom. The molecule has 1 aromatic rings. The van der Waals surface area contributed by atoms with Crippen LogP contribution in [0.2, 0.25) is 0 Å². The van der Waals surface area contributed by atoms with Crippen LogP contribution in [-0.4, -0.2) is 5.91 Å². The van der Waals surface area contributed by atoms with E-state index in [0.717, 1.165) is 6.07 Å². The van der Waals surface area contributed by atoms with Crippen molar-refractivity contribution in [2.24, 2.45) is 0 Å². The molecule has 0 unspecified atom stereocenters. The second-order valence-electron chi connectivity index (χ2n) is 3.52. The molecule has 1 aliphatic heterocycles. The van der Waals surface area contributed by atoms with Crippen LogP contribution >= 0.6 is 0 Å². The molecule has 1 aliphatic rings. The largest absolute Gasteiger partial charge is 0.416 e. The average Bonchev–Trinajstić information content (AvgIpc) is 2.45. The number of fused-ring (bicyclic) bond motifs is 1. The minimum atomic E-state index is -4.40. The van der Waals surface area contributed by atoms with Crippen molar-refractivity contribution in [2.45, 2.75) is 19.6 Å². The van der Waals surface area contributed by atoms with E-state index in [2.05, 4.69) is 5.32 Å². The van der Waals surface area contributed by atoms with Crippen LogP contribution < -0.4 is 5.32 Å². The van der Waals surface area contributed by atoms with E-state index in [4.69, 9.17) is 0 Å². The van der Waals surface area contributed by atoms with Crippen molar-refractivity contribution in [1.29, 1.82) is 0 Å².